The molecule has 0 unspecified atom stereocenters. The van der Waals surface area contributed by atoms with Crippen molar-refractivity contribution in [2.24, 2.45) is 5.73 Å². The number of nitrogens with two attached hydrogens (primary N) is 1. The molecule has 1 rings (SSSR count). The molecule has 0 radical (unpaired) electrons. The molecule has 0 fully saturated rings. The van der Waals surface area contributed by atoms with Gasteiger partial charge in [-0.25, -0.2) is 0 Å². The van der Waals surface area contributed by atoms with E-state index < -0.39 is 0 Å². The van der Waals surface area contributed by atoms with Gasteiger partial charge in [-0.05, 0) is 37.1 Å². The van der Waals surface area contributed by atoms with Gasteiger partial charge in [0.25, 0.3) is 0 Å². The second-order valence-electron chi connectivity index (χ2n) is 3.10. The van der Waals surface area contributed by atoms with Gasteiger partial charge in [0.15, 0.2) is 0 Å². The molecule has 0 aliphatic heterocycles. The van der Waals surface area contributed by atoms with E-state index in [0.29, 0.717) is 5.56 Å². The van der Waals surface area contributed by atoms with Crippen molar-refractivity contribution in [1.82, 2.24) is 0 Å². The molecule has 0 saturated carbocycles. The van der Waals surface area contributed by atoms with Crippen LogP contribution >= 0.6 is 0 Å². The minimum Gasteiger partial charge on any atom is -0.388 e. The highest BCUT2D eigenvalue weighted by Gasteiger charge is 2.06. The molecule has 0 spiro atoms. The van der Waals surface area contributed by atoms with E-state index in [9.17, 15) is 4.79 Å². The topological polar surface area (TPSA) is 55.1 Å². The van der Waals surface area contributed by atoms with Gasteiger partial charge >= 0.3 is 0 Å². The highest BCUT2D eigenvalue weighted by atomic mass is 16.1. The van der Waals surface area contributed by atoms with E-state index in [2.05, 4.69) is 5.32 Å². The van der Waals surface area contributed by atoms with Gasteiger partial charge in [0.1, 0.15) is 0 Å². The quantitative estimate of drug-likeness (QED) is 0.720. The van der Waals surface area contributed by atoms with Crippen molar-refractivity contribution in [3.8, 4) is 0 Å². The molecule has 1 amide bonds. The zero-order valence-corrected chi connectivity index (χ0v) is 8.14. The van der Waals surface area contributed by atoms with Crippen molar-refractivity contribution in [1.29, 1.82) is 0 Å². The summed E-state index contributed by atoms with van der Waals surface area (Å²) in [6.45, 7) is 3.90. The lowest BCUT2D eigenvalue weighted by Crippen LogP contribution is -2.12. The van der Waals surface area contributed by atoms with Crippen LogP contribution in [0.25, 0.3) is 0 Å². The zero-order valence-electron chi connectivity index (χ0n) is 8.14. The van der Waals surface area contributed by atoms with Gasteiger partial charge in [0.2, 0.25) is 5.91 Å². The summed E-state index contributed by atoms with van der Waals surface area (Å²) >= 11 is 0. The van der Waals surface area contributed by atoms with Crippen LogP contribution in [0, 0.1) is 13.8 Å². The number of anilines is 1. The fourth-order valence-corrected chi connectivity index (χ4v) is 1.50. The van der Waals surface area contributed by atoms with E-state index in [1.807, 2.05) is 20.9 Å². The monoisotopic (exact) mass is 178 g/mol. The van der Waals surface area contributed by atoms with Gasteiger partial charge in [-0.1, -0.05) is 0 Å². The molecule has 70 valence electrons. The van der Waals surface area contributed by atoms with Crippen molar-refractivity contribution in [2.75, 3.05) is 12.4 Å². The van der Waals surface area contributed by atoms with E-state index in [0.717, 1.165) is 16.8 Å². The summed E-state index contributed by atoms with van der Waals surface area (Å²) in [4.78, 5) is 10.9. The lowest BCUT2D eigenvalue weighted by Gasteiger charge is -2.10. The highest BCUT2D eigenvalue weighted by Crippen LogP contribution is 2.21. The molecule has 0 aliphatic rings. The first-order valence-electron chi connectivity index (χ1n) is 4.15. The number of carbonyl (C=O) groups is 1. The smallest absolute Gasteiger partial charge is 0.248 e. The molecule has 1 aromatic rings. The Labute approximate surface area is 77.9 Å². The Morgan fingerprint density at radius 2 is 1.77 bits per heavy atom. The SMILES string of the molecule is CNc1c(C)cc(C(N)=O)cc1C. The number of carbonyl (C=O) groups excluding carboxylic acids is 1. The van der Waals surface area contributed by atoms with Crippen molar-refractivity contribution in [2.45, 2.75) is 13.8 Å². The minimum atomic E-state index is -0.381. The standard InChI is InChI=1S/C10H14N2O/c1-6-4-8(10(11)13)5-7(2)9(6)12-3/h4-5,12H,1-3H3,(H2,11,13). The number of amides is 1. The number of nitrogens with one attached hydrogen (secondary N) is 1. The van der Waals surface area contributed by atoms with E-state index in [1.165, 1.54) is 0 Å². The Kier molecular flexibility index (Phi) is 2.56. The molecule has 3 heteroatoms. The predicted molar refractivity (Wildman–Crippen MR) is 54.0 cm³/mol. The molecule has 0 atom stereocenters. The van der Waals surface area contributed by atoms with E-state index in [4.69, 9.17) is 5.73 Å². The molecule has 0 saturated heterocycles. The minimum absolute atomic E-state index is 0.381. The summed E-state index contributed by atoms with van der Waals surface area (Å²) < 4.78 is 0. The number of primary amides is 1. The predicted octanol–water partition coefficient (Wildman–Crippen LogP) is 1.44. The van der Waals surface area contributed by atoms with Gasteiger partial charge in [0.05, 0.1) is 0 Å². The Hall–Kier alpha value is -1.51. The molecular weight excluding hydrogens is 164 g/mol. The number of hydrogen-bond acceptors (Lipinski definition) is 2. The van der Waals surface area contributed by atoms with Crippen LogP contribution in [0.2, 0.25) is 0 Å². The molecule has 1 aromatic carbocycles. The number of benzene rings is 1. The average Bonchev–Trinajstić information content (AvgIpc) is 2.03. The van der Waals surface area contributed by atoms with Gasteiger partial charge < -0.3 is 11.1 Å². The lowest BCUT2D eigenvalue weighted by molar-refractivity contribution is 0.1000. The Morgan fingerprint density at radius 1 is 1.31 bits per heavy atom. The number of rotatable bonds is 2. The first kappa shape index (κ1) is 9.58. The first-order chi connectivity index (χ1) is 6.06. The van der Waals surface area contributed by atoms with Gasteiger partial charge in [0, 0.05) is 18.3 Å². The van der Waals surface area contributed by atoms with E-state index in [-0.39, 0.29) is 5.91 Å². The number of hydrogen-bond donors (Lipinski definition) is 2. The summed E-state index contributed by atoms with van der Waals surface area (Å²) in [6, 6.07) is 3.59. The maximum absolute atomic E-state index is 10.9. The molecule has 0 bridgehead atoms. The van der Waals surface area contributed by atoms with Crippen LogP contribution in [-0.4, -0.2) is 13.0 Å². The van der Waals surface area contributed by atoms with Crippen molar-refractivity contribution < 1.29 is 4.79 Å². The van der Waals surface area contributed by atoms with Crippen LogP contribution < -0.4 is 11.1 Å². The lowest BCUT2D eigenvalue weighted by atomic mass is 10.0. The third kappa shape index (κ3) is 1.80. The maximum atomic E-state index is 10.9. The molecular formula is C10H14N2O. The largest absolute Gasteiger partial charge is 0.388 e. The summed E-state index contributed by atoms with van der Waals surface area (Å²) in [5.41, 5.74) is 8.88. The van der Waals surface area contributed by atoms with E-state index in [1.54, 1.807) is 12.1 Å². The average molecular weight is 178 g/mol. The molecule has 13 heavy (non-hydrogen) atoms. The van der Waals surface area contributed by atoms with Crippen LogP contribution in [-0.2, 0) is 0 Å². The molecule has 0 aromatic heterocycles. The fraction of sp³-hybridized carbons (Fsp3) is 0.300. The van der Waals surface area contributed by atoms with Crippen LogP contribution in [0.1, 0.15) is 21.5 Å². The van der Waals surface area contributed by atoms with Crippen LogP contribution in [0.15, 0.2) is 12.1 Å². The molecule has 3 nitrogen and oxygen atoms in total. The summed E-state index contributed by atoms with van der Waals surface area (Å²) in [5, 5.41) is 3.08. The van der Waals surface area contributed by atoms with Gasteiger partial charge in [-0.2, -0.15) is 0 Å². The second kappa shape index (κ2) is 3.47. The second-order valence-corrected chi connectivity index (χ2v) is 3.10. The van der Waals surface area contributed by atoms with Crippen molar-refractivity contribution in [3.05, 3.63) is 28.8 Å². The summed E-state index contributed by atoms with van der Waals surface area (Å²) in [5.74, 6) is -0.381. The van der Waals surface area contributed by atoms with Crippen LogP contribution in [0.3, 0.4) is 0 Å². The Balaban J connectivity index is 3.28. The molecule has 0 heterocycles. The normalized spacial score (nSPS) is 9.77. The van der Waals surface area contributed by atoms with Gasteiger partial charge in [-0.3, -0.25) is 4.79 Å². The summed E-state index contributed by atoms with van der Waals surface area (Å²) in [6.07, 6.45) is 0. The first-order valence-corrected chi connectivity index (χ1v) is 4.15. The maximum Gasteiger partial charge on any atom is 0.248 e. The molecule has 3 N–H and O–H groups in total. The van der Waals surface area contributed by atoms with Gasteiger partial charge in [-0.15, -0.1) is 0 Å². The third-order valence-electron chi connectivity index (χ3n) is 2.07. The zero-order chi connectivity index (χ0) is 10.0. The summed E-state index contributed by atoms with van der Waals surface area (Å²) in [7, 11) is 1.86. The highest BCUT2D eigenvalue weighted by molar-refractivity contribution is 5.94. The number of aryl methyl sites for hydroxylation is 2. The third-order valence-corrected chi connectivity index (χ3v) is 2.07. The van der Waals surface area contributed by atoms with Crippen LogP contribution in [0.5, 0.6) is 0 Å². The molecule has 0 aliphatic carbocycles. The van der Waals surface area contributed by atoms with Crippen molar-refractivity contribution >= 4 is 11.6 Å². The van der Waals surface area contributed by atoms with Crippen molar-refractivity contribution in [3.63, 3.8) is 0 Å². The van der Waals surface area contributed by atoms with E-state index >= 15 is 0 Å². The fourth-order valence-electron chi connectivity index (χ4n) is 1.50. The Morgan fingerprint density at radius 3 is 2.08 bits per heavy atom. The van der Waals surface area contributed by atoms with Crippen LogP contribution in [0.4, 0.5) is 5.69 Å². The Bertz CT molecular complexity index is 322.